The summed E-state index contributed by atoms with van der Waals surface area (Å²) in [6.07, 6.45) is 0. The van der Waals surface area contributed by atoms with Crippen LogP contribution in [0.15, 0.2) is 36.4 Å². The molecule has 2 aromatic carbocycles. The fourth-order valence-electron chi connectivity index (χ4n) is 2.39. The molecule has 7 heteroatoms. The van der Waals surface area contributed by atoms with Gasteiger partial charge in [0.1, 0.15) is 12.3 Å². The molecule has 2 aromatic rings. The van der Waals surface area contributed by atoms with Crippen molar-refractivity contribution in [1.82, 2.24) is 0 Å². The molecule has 0 bridgehead atoms. The van der Waals surface area contributed by atoms with Gasteiger partial charge in [0.2, 0.25) is 0 Å². The van der Waals surface area contributed by atoms with Crippen LogP contribution in [0.4, 0.5) is 18.9 Å². The number of quaternary nitrogens is 1. The van der Waals surface area contributed by atoms with Crippen molar-refractivity contribution in [3.63, 3.8) is 0 Å². The Balaban J connectivity index is 2.08. The zero-order chi connectivity index (χ0) is 18.6. The Bertz CT molecular complexity index is 768. The average Bonchev–Trinajstić information content (AvgIpc) is 2.61. The van der Waals surface area contributed by atoms with E-state index in [1.807, 2.05) is 24.3 Å². The maximum atomic E-state index is 13.7. The van der Waals surface area contributed by atoms with Crippen molar-refractivity contribution in [2.24, 2.45) is 0 Å². The number of para-hydroxylation sites is 1. The highest BCUT2D eigenvalue weighted by atomic mass is 19.2. The zero-order valence-electron chi connectivity index (χ0n) is 14.2. The number of ether oxygens (including phenoxy) is 1. The van der Waals surface area contributed by atoms with Gasteiger partial charge in [0.05, 0.1) is 19.8 Å². The highest BCUT2D eigenvalue weighted by Gasteiger charge is 2.25. The largest absolute Gasteiger partial charge is 0.496 e. The zero-order valence-corrected chi connectivity index (χ0v) is 14.2. The third-order valence-electron chi connectivity index (χ3n) is 4.09. The maximum absolute atomic E-state index is 13.7. The number of rotatable bonds is 6. The van der Waals surface area contributed by atoms with Gasteiger partial charge in [-0.25, -0.2) is 13.2 Å². The Hall–Kier alpha value is -2.54. The number of hydrogen-bond donors (Lipinski definition) is 2. The first-order valence-electron chi connectivity index (χ1n) is 7.73. The topological polar surface area (TPSA) is 42.8 Å². The molecule has 1 unspecified atom stereocenters. The minimum atomic E-state index is -1.61. The number of amides is 1. The summed E-state index contributed by atoms with van der Waals surface area (Å²) in [5, 5.41) is 2.30. The van der Waals surface area contributed by atoms with Gasteiger partial charge < -0.3 is 15.0 Å². The summed E-state index contributed by atoms with van der Waals surface area (Å²) in [6.45, 7) is 2.16. The van der Waals surface area contributed by atoms with Gasteiger partial charge in [-0.1, -0.05) is 12.1 Å². The Labute approximate surface area is 144 Å². The van der Waals surface area contributed by atoms with Gasteiger partial charge in [0.15, 0.2) is 23.5 Å². The van der Waals surface area contributed by atoms with Gasteiger partial charge in [-0.05, 0) is 31.2 Å². The number of anilines is 1. The van der Waals surface area contributed by atoms with E-state index in [1.165, 1.54) is 0 Å². The fourth-order valence-corrected chi connectivity index (χ4v) is 2.39. The van der Waals surface area contributed by atoms with E-state index in [9.17, 15) is 18.0 Å². The van der Waals surface area contributed by atoms with Crippen LogP contribution in [0, 0.1) is 17.5 Å². The van der Waals surface area contributed by atoms with Crippen molar-refractivity contribution in [2.45, 2.75) is 19.5 Å². The first kappa shape index (κ1) is 18.8. The number of nitrogens with one attached hydrogen (secondary N) is 2. The van der Waals surface area contributed by atoms with E-state index in [1.54, 1.807) is 21.1 Å². The maximum Gasteiger partial charge on any atom is 0.282 e. The lowest BCUT2D eigenvalue weighted by Crippen LogP contribution is -3.12. The molecule has 0 radical (unpaired) electrons. The molecule has 0 heterocycles. The molecular formula is C18H20F3N2O2+. The molecule has 0 fully saturated rings. The molecule has 2 rings (SSSR count). The molecule has 4 nitrogen and oxygen atoms in total. The third-order valence-corrected chi connectivity index (χ3v) is 4.09. The highest BCUT2D eigenvalue weighted by Crippen LogP contribution is 2.20. The molecule has 0 aromatic heterocycles. The molecule has 0 saturated carbocycles. The lowest BCUT2D eigenvalue weighted by molar-refractivity contribution is -0.907. The first-order chi connectivity index (χ1) is 11.8. The van der Waals surface area contributed by atoms with Gasteiger partial charge in [0, 0.05) is 5.56 Å². The van der Waals surface area contributed by atoms with Crippen LogP contribution in [0.1, 0.15) is 12.5 Å². The Morgan fingerprint density at radius 1 is 1.16 bits per heavy atom. The van der Waals surface area contributed by atoms with Crippen molar-refractivity contribution in [3.05, 3.63) is 59.4 Å². The number of likely N-dealkylation sites (N-methyl/N-ethyl adjacent to an activating group) is 1. The lowest BCUT2D eigenvalue weighted by Gasteiger charge is -2.22. The summed E-state index contributed by atoms with van der Waals surface area (Å²) in [5.41, 5.74) is 0.530. The van der Waals surface area contributed by atoms with Crippen LogP contribution in [0.25, 0.3) is 0 Å². The van der Waals surface area contributed by atoms with Crippen molar-refractivity contribution >= 4 is 11.6 Å². The average molecular weight is 353 g/mol. The monoisotopic (exact) mass is 353 g/mol. The van der Waals surface area contributed by atoms with E-state index in [0.29, 0.717) is 12.3 Å². The molecule has 25 heavy (non-hydrogen) atoms. The summed E-state index contributed by atoms with van der Waals surface area (Å²) in [6, 6.07) is 8.63. The molecule has 0 spiro atoms. The number of benzene rings is 2. The minimum absolute atomic E-state index is 0.388. The van der Waals surface area contributed by atoms with Gasteiger partial charge in [0.25, 0.3) is 5.91 Å². The molecule has 1 amide bonds. The fraction of sp³-hybridized carbons (Fsp3) is 0.278. The summed E-state index contributed by atoms with van der Waals surface area (Å²) in [5.74, 6) is -4.12. The predicted molar refractivity (Wildman–Crippen MR) is 88.0 cm³/mol. The number of halogens is 3. The van der Waals surface area contributed by atoms with Crippen molar-refractivity contribution in [2.75, 3.05) is 19.5 Å². The number of hydrogen-bond acceptors (Lipinski definition) is 2. The first-order valence-corrected chi connectivity index (χ1v) is 7.73. The van der Waals surface area contributed by atoms with Crippen LogP contribution >= 0.6 is 0 Å². The Kier molecular flexibility index (Phi) is 6.03. The van der Waals surface area contributed by atoms with Gasteiger partial charge >= 0.3 is 0 Å². The summed E-state index contributed by atoms with van der Waals surface area (Å²) in [4.78, 5) is 13.1. The quantitative estimate of drug-likeness (QED) is 0.782. The Morgan fingerprint density at radius 2 is 1.84 bits per heavy atom. The van der Waals surface area contributed by atoms with Crippen LogP contribution in [-0.4, -0.2) is 26.1 Å². The van der Waals surface area contributed by atoms with Crippen LogP contribution in [0.5, 0.6) is 5.75 Å². The lowest BCUT2D eigenvalue weighted by atomic mass is 10.1. The molecule has 0 aliphatic heterocycles. The standard InChI is InChI=1S/C18H19F3N2O2/c1-11(23(2)10-12-6-4-5-7-15(12)25-3)18(24)22-14-9-8-13(19)16(20)17(14)21/h4-9,11H,10H2,1-3H3,(H,22,24)/p+1/t11-/m1/s1. The van der Waals surface area contributed by atoms with Crippen molar-refractivity contribution < 1.29 is 27.6 Å². The van der Waals surface area contributed by atoms with Gasteiger partial charge in [-0.15, -0.1) is 0 Å². The van der Waals surface area contributed by atoms with Crippen molar-refractivity contribution in [1.29, 1.82) is 0 Å². The predicted octanol–water partition coefficient (Wildman–Crippen LogP) is 2.15. The number of methoxy groups -OCH3 is 1. The summed E-state index contributed by atoms with van der Waals surface area (Å²) < 4.78 is 45.2. The van der Waals surface area contributed by atoms with Gasteiger partial charge in [-0.2, -0.15) is 0 Å². The van der Waals surface area contributed by atoms with E-state index in [4.69, 9.17) is 4.74 Å². The molecule has 134 valence electrons. The number of carbonyl (C=O) groups excluding carboxylic acids is 1. The molecule has 0 aliphatic rings. The molecule has 0 aliphatic carbocycles. The van der Waals surface area contributed by atoms with Crippen molar-refractivity contribution in [3.8, 4) is 5.75 Å². The SMILES string of the molecule is COc1ccccc1C[NH+](C)[C@H](C)C(=O)Nc1ccc(F)c(F)c1F. The van der Waals surface area contributed by atoms with E-state index in [2.05, 4.69) is 5.32 Å². The van der Waals surface area contributed by atoms with E-state index in [0.717, 1.165) is 22.6 Å². The molecule has 0 saturated heterocycles. The summed E-state index contributed by atoms with van der Waals surface area (Å²) >= 11 is 0. The van der Waals surface area contributed by atoms with Crippen LogP contribution in [-0.2, 0) is 11.3 Å². The van der Waals surface area contributed by atoms with Crippen LogP contribution < -0.4 is 15.0 Å². The number of carbonyl (C=O) groups is 1. The van der Waals surface area contributed by atoms with Crippen LogP contribution in [0.3, 0.4) is 0 Å². The smallest absolute Gasteiger partial charge is 0.282 e. The summed E-state index contributed by atoms with van der Waals surface area (Å²) in [7, 11) is 3.37. The van der Waals surface area contributed by atoms with E-state index >= 15 is 0 Å². The van der Waals surface area contributed by atoms with Crippen LogP contribution in [0.2, 0.25) is 0 Å². The van der Waals surface area contributed by atoms with Gasteiger partial charge in [-0.3, -0.25) is 4.79 Å². The minimum Gasteiger partial charge on any atom is -0.496 e. The second-order valence-electron chi connectivity index (χ2n) is 5.77. The molecular weight excluding hydrogens is 333 g/mol. The highest BCUT2D eigenvalue weighted by molar-refractivity contribution is 5.93. The third kappa shape index (κ3) is 4.30. The van der Waals surface area contributed by atoms with E-state index in [-0.39, 0.29) is 5.69 Å². The normalized spacial score (nSPS) is 13.2. The Morgan fingerprint density at radius 3 is 2.52 bits per heavy atom. The second-order valence-corrected chi connectivity index (χ2v) is 5.77. The molecule has 2 N–H and O–H groups in total. The van der Waals surface area contributed by atoms with E-state index < -0.39 is 29.4 Å². The molecule has 2 atom stereocenters. The second kappa shape index (κ2) is 8.02.